The topological polar surface area (TPSA) is 78.9 Å². The van der Waals surface area contributed by atoms with Crippen molar-refractivity contribution in [2.45, 2.75) is 374 Å². The van der Waals surface area contributed by atoms with E-state index in [1.165, 1.54) is 257 Å². The minimum Gasteiger partial charge on any atom is -0.462 e. The van der Waals surface area contributed by atoms with Gasteiger partial charge in [0.1, 0.15) is 13.2 Å². The predicted molar refractivity (Wildman–Crippen MR) is 316 cm³/mol. The number of ether oxygens (including phenoxy) is 3. The van der Waals surface area contributed by atoms with Crippen LogP contribution >= 0.6 is 0 Å². The number of allylic oxidation sites excluding steroid dienone is 4. The number of carbonyl (C=O) groups is 3. The van der Waals surface area contributed by atoms with Crippen LogP contribution in [0.4, 0.5) is 0 Å². The van der Waals surface area contributed by atoms with Gasteiger partial charge in [0.25, 0.3) is 0 Å². The fraction of sp³-hybridized carbons (Fsp3) is 0.896. The quantitative estimate of drug-likeness (QED) is 0.0261. The Bertz CT molecular complexity index is 1180. The summed E-state index contributed by atoms with van der Waals surface area (Å²) in [5, 5.41) is 0. The van der Waals surface area contributed by atoms with E-state index in [0.717, 1.165) is 70.6 Å². The summed E-state index contributed by atoms with van der Waals surface area (Å²) in [4.78, 5) is 38.3. The van der Waals surface area contributed by atoms with Crippen LogP contribution in [0.15, 0.2) is 24.3 Å². The van der Waals surface area contributed by atoms with Gasteiger partial charge in [-0.3, -0.25) is 14.4 Å². The molecule has 6 heteroatoms. The first-order valence-electron chi connectivity index (χ1n) is 32.8. The minimum atomic E-state index is -0.771. The molecule has 73 heavy (non-hydrogen) atoms. The second kappa shape index (κ2) is 62.4. The molecule has 0 aliphatic rings. The van der Waals surface area contributed by atoms with Crippen molar-refractivity contribution in [3.05, 3.63) is 24.3 Å². The Morgan fingerprint density at radius 1 is 0.274 bits per heavy atom. The highest BCUT2D eigenvalue weighted by atomic mass is 16.6. The molecule has 0 spiro atoms. The Labute approximate surface area is 455 Å². The number of carbonyl (C=O) groups excluding carboxylic acids is 3. The van der Waals surface area contributed by atoms with Crippen LogP contribution in [0.3, 0.4) is 0 Å². The summed E-state index contributed by atoms with van der Waals surface area (Å²) in [6.07, 6.45) is 74.8. The molecular formula is C67H126O6. The Balaban J connectivity index is 4.24. The van der Waals surface area contributed by atoms with E-state index in [1.54, 1.807) is 0 Å². The molecule has 0 aromatic carbocycles. The lowest BCUT2D eigenvalue weighted by atomic mass is 10.0. The number of hydrogen-bond acceptors (Lipinski definition) is 6. The van der Waals surface area contributed by atoms with Gasteiger partial charge < -0.3 is 14.2 Å². The van der Waals surface area contributed by atoms with Gasteiger partial charge in [0.2, 0.25) is 0 Å². The van der Waals surface area contributed by atoms with E-state index in [9.17, 15) is 14.4 Å². The van der Waals surface area contributed by atoms with Crippen molar-refractivity contribution in [3.8, 4) is 0 Å². The molecule has 0 rings (SSSR count). The number of unbranched alkanes of at least 4 members (excludes halogenated alkanes) is 46. The van der Waals surface area contributed by atoms with Crippen LogP contribution in [0.5, 0.6) is 0 Å². The van der Waals surface area contributed by atoms with Gasteiger partial charge in [-0.1, -0.05) is 321 Å². The maximum atomic E-state index is 12.9. The summed E-state index contributed by atoms with van der Waals surface area (Å²) in [6.45, 7) is 6.69. The molecule has 0 heterocycles. The zero-order chi connectivity index (χ0) is 52.9. The number of rotatable bonds is 61. The molecule has 430 valence electrons. The summed E-state index contributed by atoms with van der Waals surface area (Å²) < 4.78 is 16.9. The lowest BCUT2D eigenvalue weighted by molar-refractivity contribution is -0.167. The van der Waals surface area contributed by atoms with Crippen LogP contribution in [0.1, 0.15) is 367 Å². The Morgan fingerprint density at radius 3 is 0.767 bits per heavy atom. The first kappa shape index (κ1) is 70.9. The molecule has 6 nitrogen and oxygen atoms in total. The first-order valence-corrected chi connectivity index (χ1v) is 32.8. The summed E-state index contributed by atoms with van der Waals surface area (Å²) in [5.41, 5.74) is 0. The molecular weight excluding hydrogens is 901 g/mol. The Morgan fingerprint density at radius 2 is 0.493 bits per heavy atom. The molecule has 0 aromatic rings. The highest BCUT2D eigenvalue weighted by Crippen LogP contribution is 2.18. The van der Waals surface area contributed by atoms with Crippen molar-refractivity contribution >= 4 is 17.9 Å². The summed E-state index contributed by atoms with van der Waals surface area (Å²) >= 11 is 0. The maximum absolute atomic E-state index is 12.9. The fourth-order valence-corrected chi connectivity index (χ4v) is 10.0. The van der Waals surface area contributed by atoms with E-state index in [2.05, 4.69) is 45.1 Å². The molecule has 0 saturated carbocycles. The molecule has 0 aliphatic carbocycles. The van der Waals surface area contributed by atoms with Crippen LogP contribution in [-0.2, 0) is 28.6 Å². The molecule has 1 unspecified atom stereocenters. The van der Waals surface area contributed by atoms with Crippen molar-refractivity contribution < 1.29 is 28.6 Å². The van der Waals surface area contributed by atoms with Crippen molar-refractivity contribution in [2.75, 3.05) is 13.2 Å². The van der Waals surface area contributed by atoms with E-state index in [1.807, 2.05) is 0 Å². The summed E-state index contributed by atoms with van der Waals surface area (Å²) in [5.74, 6) is -0.848. The zero-order valence-corrected chi connectivity index (χ0v) is 49.4. The lowest BCUT2D eigenvalue weighted by Gasteiger charge is -2.18. The van der Waals surface area contributed by atoms with Gasteiger partial charge >= 0.3 is 17.9 Å². The lowest BCUT2D eigenvalue weighted by Crippen LogP contribution is -2.30. The third-order valence-corrected chi connectivity index (χ3v) is 15.0. The van der Waals surface area contributed by atoms with Gasteiger partial charge in [-0.05, 0) is 51.4 Å². The van der Waals surface area contributed by atoms with E-state index in [0.29, 0.717) is 19.3 Å². The third-order valence-electron chi connectivity index (χ3n) is 15.0. The molecule has 0 bridgehead atoms. The zero-order valence-electron chi connectivity index (χ0n) is 49.4. The molecule has 0 N–H and O–H groups in total. The van der Waals surface area contributed by atoms with E-state index >= 15 is 0 Å². The molecule has 0 aliphatic heterocycles. The molecule has 1 atom stereocenters. The molecule has 0 saturated heterocycles. The van der Waals surface area contributed by atoms with E-state index in [-0.39, 0.29) is 31.1 Å². The summed E-state index contributed by atoms with van der Waals surface area (Å²) in [6, 6.07) is 0. The van der Waals surface area contributed by atoms with Crippen molar-refractivity contribution in [3.63, 3.8) is 0 Å². The molecule has 0 amide bonds. The summed E-state index contributed by atoms with van der Waals surface area (Å²) in [7, 11) is 0. The minimum absolute atomic E-state index is 0.0684. The normalized spacial score (nSPS) is 12.1. The van der Waals surface area contributed by atoms with Crippen LogP contribution in [0.25, 0.3) is 0 Å². The highest BCUT2D eigenvalue weighted by molar-refractivity contribution is 5.71. The van der Waals surface area contributed by atoms with Gasteiger partial charge in [-0.15, -0.1) is 0 Å². The standard InChI is InChI=1S/C67H126O6/c1-4-7-10-13-16-19-22-25-27-29-31-32-33-34-35-36-38-39-42-45-48-51-54-57-60-66(69)72-63-64(62-71-65(68)59-56-53-50-47-44-41-24-21-18-15-12-9-6-3)73-67(70)61-58-55-52-49-46-43-40-37-30-28-26-23-20-17-14-11-8-5-2/h20,23,28,30,64H,4-19,21-22,24-27,29,31-63H2,1-3H3/b23-20-,30-28-. The Kier molecular flexibility index (Phi) is 60.6. The molecule has 0 fully saturated rings. The number of esters is 3. The highest BCUT2D eigenvalue weighted by Gasteiger charge is 2.19. The van der Waals surface area contributed by atoms with E-state index < -0.39 is 6.10 Å². The van der Waals surface area contributed by atoms with Gasteiger partial charge in [0.15, 0.2) is 6.10 Å². The molecule has 0 aromatic heterocycles. The largest absolute Gasteiger partial charge is 0.462 e. The van der Waals surface area contributed by atoms with Gasteiger partial charge in [-0.25, -0.2) is 0 Å². The van der Waals surface area contributed by atoms with Crippen molar-refractivity contribution in [1.82, 2.24) is 0 Å². The van der Waals surface area contributed by atoms with Gasteiger partial charge in [0, 0.05) is 19.3 Å². The van der Waals surface area contributed by atoms with E-state index in [4.69, 9.17) is 14.2 Å². The number of hydrogen-bond donors (Lipinski definition) is 0. The predicted octanol–water partition coefficient (Wildman–Crippen LogP) is 22.2. The van der Waals surface area contributed by atoms with Crippen LogP contribution in [-0.4, -0.2) is 37.2 Å². The average molecular weight is 1030 g/mol. The third kappa shape index (κ3) is 60.6. The average Bonchev–Trinajstić information content (AvgIpc) is 3.39. The van der Waals surface area contributed by atoms with Crippen LogP contribution in [0, 0.1) is 0 Å². The fourth-order valence-electron chi connectivity index (χ4n) is 10.0. The monoisotopic (exact) mass is 1030 g/mol. The van der Waals surface area contributed by atoms with Crippen LogP contribution < -0.4 is 0 Å². The second-order valence-electron chi connectivity index (χ2n) is 22.4. The maximum Gasteiger partial charge on any atom is 0.306 e. The van der Waals surface area contributed by atoms with Crippen molar-refractivity contribution in [1.29, 1.82) is 0 Å². The smallest absolute Gasteiger partial charge is 0.306 e. The van der Waals surface area contributed by atoms with Crippen LogP contribution in [0.2, 0.25) is 0 Å². The van der Waals surface area contributed by atoms with Gasteiger partial charge in [0.05, 0.1) is 0 Å². The van der Waals surface area contributed by atoms with Crippen molar-refractivity contribution in [2.24, 2.45) is 0 Å². The first-order chi connectivity index (χ1) is 36.0. The molecule has 0 radical (unpaired) electrons. The van der Waals surface area contributed by atoms with Gasteiger partial charge in [-0.2, -0.15) is 0 Å². The SMILES string of the molecule is CCCCCC/C=C\C/C=C\CCCCCCCCCC(=O)OC(COC(=O)CCCCCCCCCCCCCCC)COC(=O)CCCCCCCCCCCCCCCCCCCCCCCCCC. The second-order valence-corrected chi connectivity index (χ2v) is 22.4. The Hall–Kier alpha value is -2.11.